The van der Waals surface area contributed by atoms with E-state index in [0.29, 0.717) is 17.5 Å². The maximum atomic E-state index is 5.28. The van der Waals surface area contributed by atoms with Crippen LogP contribution in [0.2, 0.25) is 0 Å². The van der Waals surface area contributed by atoms with Gasteiger partial charge in [0.2, 0.25) is 0 Å². The molecule has 55 heavy (non-hydrogen) atoms. The van der Waals surface area contributed by atoms with E-state index in [1.165, 1.54) is 32.6 Å². The summed E-state index contributed by atoms with van der Waals surface area (Å²) in [5, 5.41) is 9.33. The molecule has 0 fully saturated rings. The fourth-order valence-electron chi connectivity index (χ4n) is 8.20. The molecule has 0 N–H and O–H groups in total. The SMILES string of the molecule is c1ccc(-c2ccc3c(-c4nc(-c5ccccc5)nc(-c5cccc6ccccc56)n4)ccc(-n4c5ccccc5c5cc6ccccc6cc54)c3c2)cc1. The molecule has 0 spiro atoms. The van der Waals surface area contributed by atoms with Crippen LogP contribution in [0.5, 0.6) is 0 Å². The second kappa shape index (κ2) is 12.6. The Morgan fingerprint density at radius 3 is 1.67 bits per heavy atom. The highest BCUT2D eigenvalue weighted by molar-refractivity contribution is 6.15. The third-order valence-corrected chi connectivity index (χ3v) is 10.8. The van der Waals surface area contributed by atoms with Gasteiger partial charge in [0.1, 0.15) is 0 Å². The molecular weight excluding hydrogens is 669 g/mol. The smallest absolute Gasteiger partial charge is 0.164 e. The van der Waals surface area contributed by atoms with Gasteiger partial charge in [-0.1, -0.05) is 158 Å². The zero-order valence-corrected chi connectivity index (χ0v) is 29.8. The summed E-state index contributed by atoms with van der Waals surface area (Å²) in [6.45, 7) is 0. The quantitative estimate of drug-likeness (QED) is 0.179. The number of rotatable bonds is 5. The van der Waals surface area contributed by atoms with Gasteiger partial charge in [-0.15, -0.1) is 0 Å². The van der Waals surface area contributed by atoms with Gasteiger partial charge in [-0.3, -0.25) is 0 Å². The minimum absolute atomic E-state index is 0.633. The number of hydrogen-bond acceptors (Lipinski definition) is 3. The monoisotopic (exact) mass is 700 g/mol. The fourth-order valence-corrected chi connectivity index (χ4v) is 8.20. The Morgan fingerprint density at radius 2 is 0.891 bits per heavy atom. The summed E-state index contributed by atoms with van der Waals surface area (Å²) >= 11 is 0. The molecule has 0 aliphatic carbocycles. The minimum atomic E-state index is 0.633. The Kier molecular flexibility index (Phi) is 7.14. The molecule has 4 heteroatoms. The van der Waals surface area contributed by atoms with E-state index in [1.54, 1.807) is 0 Å². The van der Waals surface area contributed by atoms with Crippen LogP contribution in [0, 0.1) is 0 Å². The van der Waals surface area contributed by atoms with Crippen LogP contribution in [0.25, 0.3) is 105 Å². The van der Waals surface area contributed by atoms with Crippen molar-refractivity contribution in [3.05, 3.63) is 194 Å². The van der Waals surface area contributed by atoms with E-state index < -0.39 is 0 Å². The van der Waals surface area contributed by atoms with Crippen molar-refractivity contribution < 1.29 is 0 Å². The van der Waals surface area contributed by atoms with E-state index in [-0.39, 0.29) is 0 Å². The van der Waals surface area contributed by atoms with Gasteiger partial charge in [0, 0.05) is 32.8 Å². The number of hydrogen-bond donors (Lipinski definition) is 0. The number of benzene rings is 9. The average Bonchev–Trinajstić information content (AvgIpc) is 3.58. The first-order valence-corrected chi connectivity index (χ1v) is 18.6. The first-order valence-electron chi connectivity index (χ1n) is 18.6. The van der Waals surface area contributed by atoms with Gasteiger partial charge in [-0.2, -0.15) is 0 Å². The Labute approximate surface area is 317 Å². The first kappa shape index (κ1) is 31.1. The lowest BCUT2D eigenvalue weighted by molar-refractivity contribution is 1.08. The average molecular weight is 701 g/mol. The van der Waals surface area contributed by atoms with E-state index >= 15 is 0 Å². The molecule has 0 bridgehead atoms. The zero-order chi connectivity index (χ0) is 36.3. The van der Waals surface area contributed by atoms with Crippen molar-refractivity contribution in [1.82, 2.24) is 19.5 Å². The van der Waals surface area contributed by atoms with Crippen molar-refractivity contribution in [2.24, 2.45) is 0 Å². The zero-order valence-electron chi connectivity index (χ0n) is 29.8. The Hall–Kier alpha value is -7.43. The maximum absolute atomic E-state index is 5.28. The van der Waals surface area contributed by atoms with E-state index in [0.717, 1.165) is 55.0 Å². The molecule has 0 unspecified atom stereocenters. The van der Waals surface area contributed by atoms with Gasteiger partial charge in [0.05, 0.1) is 16.7 Å². The lowest BCUT2D eigenvalue weighted by Gasteiger charge is -2.17. The van der Waals surface area contributed by atoms with Crippen molar-refractivity contribution >= 4 is 54.1 Å². The molecule has 0 aliphatic rings. The highest BCUT2D eigenvalue weighted by Crippen LogP contribution is 2.41. The molecule has 0 saturated carbocycles. The molecular formula is C51H32N4. The van der Waals surface area contributed by atoms with E-state index in [9.17, 15) is 0 Å². The summed E-state index contributed by atoms with van der Waals surface area (Å²) < 4.78 is 2.43. The van der Waals surface area contributed by atoms with Gasteiger partial charge >= 0.3 is 0 Å². The molecule has 0 atom stereocenters. The molecule has 2 heterocycles. The van der Waals surface area contributed by atoms with Crippen LogP contribution < -0.4 is 0 Å². The molecule has 0 saturated heterocycles. The van der Waals surface area contributed by atoms with Gasteiger partial charge in [-0.25, -0.2) is 15.0 Å². The van der Waals surface area contributed by atoms with E-state index in [1.807, 2.05) is 18.2 Å². The summed E-state index contributed by atoms with van der Waals surface area (Å²) in [6, 6.07) is 68.8. The predicted octanol–water partition coefficient (Wildman–Crippen LogP) is 13.1. The second-order valence-electron chi connectivity index (χ2n) is 14.0. The van der Waals surface area contributed by atoms with Crippen LogP contribution in [0.15, 0.2) is 194 Å². The topological polar surface area (TPSA) is 43.6 Å². The summed E-state index contributed by atoms with van der Waals surface area (Å²) in [5.74, 6) is 1.92. The van der Waals surface area contributed by atoms with Crippen LogP contribution in [-0.4, -0.2) is 19.5 Å². The van der Waals surface area contributed by atoms with Gasteiger partial charge in [-0.05, 0) is 74.5 Å². The third kappa shape index (κ3) is 5.19. The lowest BCUT2D eigenvalue weighted by atomic mass is 9.96. The molecule has 0 radical (unpaired) electrons. The second-order valence-corrected chi connectivity index (χ2v) is 14.0. The standard InChI is InChI=1S/C51H32N4/c1-3-14-33(15-4-1)38-26-27-40-43(51-53-49(35-17-5-2-6-18-35)52-50(54-51)42-24-13-21-34-16-9-10-22-39(34)42)28-29-47(44(40)31-38)55-46-25-12-11-23-41(46)45-30-36-19-7-8-20-37(36)32-48(45)55/h1-32H. The largest absolute Gasteiger partial charge is 0.309 e. The lowest BCUT2D eigenvalue weighted by Crippen LogP contribution is -2.02. The Balaban J connectivity index is 1.22. The number of nitrogens with zero attached hydrogens (tertiary/aromatic N) is 4. The van der Waals surface area contributed by atoms with Gasteiger partial charge in [0.25, 0.3) is 0 Å². The number of para-hydroxylation sites is 1. The summed E-state index contributed by atoms with van der Waals surface area (Å²) in [4.78, 5) is 15.6. The molecule has 256 valence electrons. The highest BCUT2D eigenvalue weighted by Gasteiger charge is 2.20. The van der Waals surface area contributed by atoms with Crippen LogP contribution >= 0.6 is 0 Å². The molecule has 11 aromatic rings. The van der Waals surface area contributed by atoms with Crippen LogP contribution in [0.4, 0.5) is 0 Å². The maximum Gasteiger partial charge on any atom is 0.164 e. The van der Waals surface area contributed by atoms with Crippen molar-refractivity contribution in [2.45, 2.75) is 0 Å². The Morgan fingerprint density at radius 1 is 0.291 bits per heavy atom. The Bertz CT molecular complexity index is 3250. The first-order chi connectivity index (χ1) is 27.3. The predicted molar refractivity (Wildman–Crippen MR) is 228 cm³/mol. The summed E-state index contributed by atoms with van der Waals surface area (Å²) in [7, 11) is 0. The normalized spacial score (nSPS) is 11.6. The highest BCUT2D eigenvalue weighted by atomic mass is 15.0. The van der Waals surface area contributed by atoms with Crippen LogP contribution in [-0.2, 0) is 0 Å². The molecule has 4 nitrogen and oxygen atoms in total. The van der Waals surface area contributed by atoms with Crippen molar-refractivity contribution in [3.8, 4) is 51.0 Å². The fraction of sp³-hybridized carbons (Fsp3) is 0. The van der Waals surface area contributed by atoms with Crippen LogP contribution in [0.3, 0.4) is 0 Å². The molecule has 0 amide bonds. The number of fused-ring (bicyclic) bond motifs is 6. The molecule has 2 aromatic heterocycles. The van der Waals surface area contributed by atoms with E-state index in [2.05, 4.69) is 180 Å². The van der Waals surface area contributed by atoms with Gasteiger partial charge < -0.3 is 4.57 Å². The molecule has 9 aromatic carbocycles. The molecule has 0 aliphatic heterocycles. The van der Waals surface area contributed by atoms with Gasteiger partial charge in [0.15, 0.2) is 17.5 Å². The summed E-state index contributed by atoms with van der Waals surface area (Å²) in [6.07, 6.45) is 0. The molecule has 11 rings (SSSR count). The third-order valence-electron chi connectivity index (χ3n) is 10.8. The van der Waals surface area contributed by atoms with Crippen molar-refractivity contribution in [2.75, 3.05) is 0 Å². The van der Waals surface area contributed by atoms with Crippen molar-refractivity contribution in [3.63, 3.8) is 0 Å². The minimum Gasteiger partial charge on any atom is -0.309 e. The number of aromatic nitrogens is 4. The van der Waals surface area contributed by atoms with Crippen LogP contribution in [0.1, 0.15) is 0 Å². The van der Waals surface area contributed by atoms with Crippen molar-refractivity contribution in [1.29, 1.82) is 0 Å². The summed E-state index contributed by atoms with van der Waals surface area (Å²) in [5.41, 5.74) is 8.62. The van der Waals surface area contributed by atoms with E-state index in [4.69, 9.17) is 15.0 Å².